The van der Waals surface area contributed by atoms with Gasteiger partial charge in [-0.2, -0.15) is 0 Å². The highest BCUT2D eigenvalue weighted by Gasteiger charge is 2.50. The van der Waals surface area contributed by atoms with Crippen LogP contribution in [-0.4, -0.2) is 29.4 Å². The smallest absolute Gasteiger partial charge is 0.478 e. The number of hydrogen-bond acceptors (Lipinski definition) is 4. The van der Waals surface area contributed by atoms with Crippen molar-refractivity contribution in [3.05, 3.63) is 29.6 Å². The van der Waals surface area contributed by atoms with Gasteiger partial charge in [0.2, 0.25) is 0 Å². The van der Waals surface area contributed by atoms with Crippen LogP contribution in [0.25, 0.3) is 6.08 Å². The van der Waals surface area contributed by atoms with Gasteiger partial charge in [-0.25, -0.2) is 4.79 Å². The average Bonchev–Trinajstić information content (AvgIpc) is 2.79. The molecule has 0 aliphatic carbocycles. The summed E-state index contributed by atoms with van der Waals surface area (Å²) in [4.78, 5) is 10.9. The fourth-order valence-electron chi connectivity index (χ4n) is 1.76. The minimum absolute atomic E-state index is 0.118. The molecule has 0 bridgehead atoms. The molecule has 0 amide bonds. The Bertz CT molecular complexity index is 499. The Morgan fingerprint density at radius 1 is 1.26 bits per heavy atom. The molecule has 0 spiro atoms. The van der Waals surface area contributed by atoms with Crippen molar-refractivity contribution in [3.8, 4) is 0 Å². The number of hydrogen-bond donors (Lipinski definition) is 1. The van der Waals surface area contributed by atoms with E-state index in [1.54, 1.807) is 12.1 Å². The Hall–Kier alpha value is -1.53. The van der Waals surface area contributed by atoms with Gasteiger partial charge in [0, 0.05) is 0 Å². The second kappa shape index (κ2) is 4.54. The molecule has 5 nitrogen and oxygen atoms in total. The number of carboxylic acid groups (broad SMARTS) is 1. The van der Waals surface area contributed by atoms with Gasteiger partial charge in [-0.1, -0.05) is 5.98 Å². The average molecular weight is 264 g/mol. The summed E-state index contributed by atoms with van der Waals surface area (Å²) in [5.74, 6) is 0.909. The summed E-state index contributed by atoms with van der Waals surface area (Å²) in [6.45, 7) is 7.82. The van der Waals surface area contributed by atoms with E-state index in [0.717, 1.165) is 0 Å². The highest BCUT2D eigenvalue weighted by molar-refractivity contribution is 6.52. The van der Waals surface area contributed by atoms with Gasteiger partial charge in [0.15, 0.2) is 0 Å². The van der Waals surface area contributed by atoms with Gasteiger partial charge in [0.1, 0.15) is 11.3 Å². The third-order valence-corrected chi connectivity index (χ3v) is 3.60. The van der Waals surface area contributed by atoms with Crippen molar-refractivity contribution in [3.63, 3.8) is 0 Å². The van der Waals surface area contributed by atoms with Crippen molar-refractivity contribution < 1.29 is 23.6 Å². The Labute approximate surface area is 112 Å². The molecule has 1 aromatic heterocycles. The van der Waals surface area contributed by atoms with Gasteiger partial charge in [0.25, 0.3) is 0 Å². The molecule has 1 N–H and O–H groups in total. The van der Waals surface area contributed by atoms with Gasteiger partial charge >= 0.3 is 13.1 Å². The molecule has 1 saturated heterocycles. The molecule has 0 atom stereocenters. The van der Waals surface area contributed by atoms with Crippen LogP contribution in [0, 0.1) is 0 Å². The lowest BCUT2D eigenvalue weighted by atomic mass is 9.89. The molecule has 19 heavy (non-hydrogen) atoms. The summed E-state index contributed by atoms with van der Waals surface area (Å²) in [7, 11) is -0.517. The number of furan rings is 1. The molecule has 6 heteroatoms. The molecule has 0 radical (unpaired) electrons. The van der Waals surface area contributed by atoms with Gasteiger partial charge in [-0.3, -0.25) is 0 Å². The van der Waals surface area contributed by atoms with Crippen molar-refractivity contribution >= 4 is 19.2 Å². The number of rotatable bonds is 3. The molecular formula is C13H17BO5. The summed E-state index contributed by atoms with van der Waals surface area (Å²) in [6.07, 6.45) is 2.90. The van der Waals surface area contributed by atoms with Crippen LogP contribution in [0.5, 0.6) is 0 Å². The standard InChI is InChI=1S/C13H17BO5/c1-12(2)13(3,4)19-14(18-12)7-5-10-9(11(15)16)6-8-17-10/h5-8H,1-4H3,(H,15,16)/b7-5+. The van der Waals surface area contributed by atoms with Crippen LogP contribution >= 0.6 is 0 Å². The highest BCUT2D eigenvalue weighted by Crippen LogP contribution is 2.37. The van der Waals surface area contributed by atoms with Crippen molar-refractivity contribution in [2.24, 2.45) is 0 Å². The summed E-state index contributed by atoms with van der Waals surface area (Å²) in [5, 5.41) is 8.96. The first-order valence-electron chi connectivity index (χ1n) is 6.07. The molecule has 0 unspecified atom stereocenters. The quantitative estimate of drug-likeness (QED) is 0.850. The molecule has 2 rings (SSSR count). The van der Waals surface area contributed by atoms with Crippen LogP contribution in [0.2, 0.25) is 0 Å². The van der Waals surface area contributed by atoms with Crippen LogP contribution < -0.4 is 0 Å². The first-order chi connectivity index (χ1) is 8.73. The maximum atomic E-state index is 10.9. The van der Waals surface area contributed by atoms with E-state index in [1.807, 2.05) is 27.7 Å². The Morgan fingerprint density at radius 2 is 1.84 bits per heavy atom. The number of aromatic carboxylic acids is 1. The molecule has 102 valence electrons. The van der Waals surface area contributed by atoms with Gasteiger partial charge in [-0.05, 0) is 39.8 Å². The zero-order valence-electron chi connectivity index (χ0n) is 11.5. The van der Waals surface area contributed by atoms with E-state index in [1.165, 1.54) is 12.3 Å². The fourth-order valence-corrected chi connectivity index (χ4v) is 1.76. The fraction of sp³-hybridized carbons (Fsp3) is 0.462. The van der Waals surface area contributed by atoms with Crippen LogP contribution in [0.3, 0.4) is 0 Å². The second-order valence-electron chi connectivity index (χ2n) is 5.49. The van der Waals surface area contributed by atoms with Gasteiger partial charge in [-0.15, -0.1) is 0 Å². The monoisotopic (exact) mass is 264 g/mol. The molecule has 0 aromatic carbocycles. The Balaban J connectivity index is 2.13. The third-order valence-electron chi connectivity index (χ3n) is 3.60. The molecular weight excluding hydrogens is 247 g/mol. The minimum Gasteiger partial charge on any atom is -0.478 e. The maximum absolute atomic E-state index is 10.9. The predicted octanol–water partition coefficient (Wildman–Crippen LogP) is 2.62. The Morgan fingerprint density at radius 3 is 2.37 bits per heavy atom. The van der Waals surface area contributed by atoms with E-state index >= 15 is 0 Å². The lowest BCUT2D eigenvalue weighted by Gasteiger charge is -2.32. The van der Waals surface area contributed by atoms with E-state index < -0.39 is 24.3 Å². The highest BCUT2D eigenvalue weighted by atomic mass is 16.7. The first kappa shape index (κ1) is 13.9. The van der Waals surface area contributed by atoms with Gasteiger partial charge in [0.05, 0.1) is 17.5 Å². The first-order valence-corrected chi connectivity index (χ1v) is 6.07. The van der Waals surface area contributed by atoms with Crippen LogP contribution in [-0.2, 0) is 9.31 Å². The van der Waals surface area contributed by atoms with E-state index in [9.17, 15) is 4.79 Å². The summed E-state index contributed by atoms with van der Waals surface area (Å²) in [6, 6.07) is 1.41. The van der Waals surface area contributed by atoms with E-state index in [0.29, 0.717) is 0 Å². The van der Waals surface area contributed by atoms with Crippen LogP contribution in [0.1, 0.15) is 43.8 Å². The van der Waals surface area contributed by atoms with Crippen molar-refractivity contribution in [1.29, 1.82) is 0 Å². The van der Waals surface area contributed by atoms with Crippen LogP contribution in [0.15, 0.2) is 22.7 Å². The summed E-state index contributed by atoms with van der Waals surface area (Å²) >= 11 is 0. The lowest BCUT2D eigenvalue weighted by Crippen LogP contribution is -2.41. The van der Waals surface area contributed by atoms with E-state index in [2.05, 4.69) is 0 Å². The molecule has 1 aromatic rings. The SMILES string of the molecule is CC1(C)OB(/C=C/c2occc2C(=O)O)OC1(C)C. The van der Waals surface area contributed by atoms with E-state index in [-0.39, 0.29) is 11.3 Å². The largest absolute Gasteiger partial charge is 0.487 e. The second-order valence-corrected chi connectivity index (χ2v) is 5.49. The predicted molar refractivity (Wildman–Crippen MR) is 70.8 cm³/mol. The Kier molecular flexibility index (Phi) is 3.32. The van der Waals surface area contributed by atoms with Crippen molar-refractivity contribution in [2.75, 3.05) is 0 Å². The van der Waals surface area contributed by atoms with Crippen molar-refractivity contribution in [2.45, 2.75) is 38.9 Å². The topological polar surface area (TPSA) is 68.9 Å². The number of carbonyl (C=O) groups is 1. The molecule has 1 aliphatic heterocycles. The minimum atomic E-state index is -1.03. The third kappa shape index (κ3) is 2.59. The molecule has 1 aliphatic rings. The van der Waals surface area contributed by atoms with Crippen molar-refractivity contribution in [1.82, 2.24) is 0 Å². The normalized spacial score (nSPS) is 21.2. The molecule has 1 fully saturated rings. The maximum Gasteiger partial charge on any atom is 0.487 e. The van der Waals surface area contributed by atoms with Gasteiger partial charge < -0.3 is 18.8 Å². The van der Waals surface area contributed by atoms with Crippen LogP contribution in [0.4, 0.5) is 0 Å². The zero-order valence-corrected chi connectivity index (χ0v) is 11.5. The lowest BCUT2D eigenvalue weighted by molar-refractivity contribution is 0.00578. The molecule has 0 saturated carbocycles. The molecule has 2 heterocycles. The van der Waals surface area contributed by atoms with E-state index in [4.69, 9.17) is 18.8 Å². The zero-order chi connectivity index (χ0) is 14.3. The number of carboxylic acids is 1. The summed E-state index contributed by atoms with van der Waals surface area (Å²) < 4.78 is 16.6. The summed E-state index contributed by atoms with van der Waals surface area (Å²) in [5.41, 5.74) is -0.713.